The summed E-state index contributed by atoms with van der Waals surface area (Å²) in [5, 5.41) is 0. The van der Waals surface area contributed by atoms with Crippen molar-refractivity contribution < 1.29 is 4.79 Å². The van der Waals surface area contributed by atoms with Crippen LogP contribution in [-0.2, 0) is 4.79 Å². The van der Waals surface area contributed by atoms with Crippen LogP contribution >= 0.6 is 0 Å². The topological polar surface area (TPSA) is 42.9 Å². The normalized spacial score (nSPS) is 28.1. The van der Waals surface area contributed by atoms with E-state index >= 15 is 0 Å². The van der Waals surface area contributed by atoms with Crippen LogP contribution < -0.4 is 0 Å². The molecule has 0 amide bonds. The molecule has 0 radical (unpaired) electrons. The highest BCUT2D eigenvalue weighted by Gasteiger charge is 2.36. The van der Waals surface area contributed by atoms with Crippen molar-refractivity contribution in [3.8, 4) is 0 Å². The molecule has 1 aromatic heterocycles. The van der Waals surface area contributed by atoms with Crippen LogP contribution in [0.15, 0.2) is 6.07 Å². The highest BCUT2D eigenvalue weighted by Crippen LogP contribution is 2.42. The van der Waals surface area contributed by atoms with Gasteiger partial charge in [-0.1, -0.05) is 6.92 Å². The number of carbonyl (C=O) groups is 1. The summed E-state index contributed by atoms with van der Waals surface area (Å²) in [5.74, 6) is 1.72. The summed E-state index contributed by atoms with van der Waals surface area (Å²) in [7, 11) is 0. The number of hydrogen-bond acceptors (Lipinski definition) is 3. The van der Waals surface area contributed by atoms with E-state index in [1.165, 1.54) is 0 Å². The van der Waals surface area contributed by atoms with Gasteiger partial charge in [0.15, 0.2) is 0 Å². The van der Waals surface area contributed by atoms with Gasteiger partial charge in [-0.15, -0.1) is 0 Å². The van der Waals surface area contributed by atoms with Gasteiger partial charge in [0, 0.05) is 22.7 Å². The summed E-state index contributed by atoms with van der Waals surface area (Å²) in [5.41, 5.74) is 1.96. The van der Waals surface area contributed by atoms with E-state index in [2.05, 4.69) is 16.9 Å². The molecule has 0 bridgehead atoms. The number of Topliss-reactive ketones (excluding diaryl/α,β-unsaturated/α-hetero) is 1. The highest BCUT2D eigenvalue weighted by molar-refractivity contribution is 5.81. The average Bonchev–Trinajstić information content (AvgIpc) is 2.28. The molecule has 0 N–H and O–H groups in total. The van der Waals surface area contributed by atoms with Gasteiger partial charge in [0.25, 0.3) is 0 Å². The molecule has 2 rings (SSSR count). The molecule has 1 aromatic rings. The minimum Gasteiger partial charge on any atom is -0.299 e. The van der Waals surface area contributed by atoms with E-state index in [4.69, 9.17) is 0 Å². The molecule has 1 aliphatic carbocycles. The van der Waals surface area contributed by atoms with E-state index in [0.717, 1.165) is 42.9 Å². The third-order valence-electron chi connectivity index (χ3n) is 4.30. The molecular weight excluding hydrogens is 224 g/mol. The Morgan fingerprint density at radius 1 is 1.22 bits per heavy atom. The summed E-state index contributed by atoms with van der Waals surface area (Å²) in [6.07, 6.45) is 3.98. The third kappa shape index (κ3) is 2.60. The standard InChI is InChI=1S/C15H22N2O/c1-10-9-11(2)17-14(16-10)13-5-7-15(4,8-6-13)12(3)18/h9,13H,5-8H2,1-4H3. The van der Waals surface area contributed by atoms with Crippen LogP contribution in [0.4, 0.5) is 0 Å². The van der Waals surface area contributed by atoms with E-state index in [-0.39, 0.29) is 5.41 Å². The highest BCUT2D eigenvalue weighted by atomic mass is 16.1. The van der Waals surface area contributed by atoms with Gasteiger partial charge in [0.2, 0.25) is 0 Å². The lowest BCUT2D eigenvalue weighted by molar-refractivity contribution is -0.127. The van der Waals surface area contributed by atoms with Crippen LogP contribution in [-0.4, -0.2) is 15.8 Å². The fourth-order valence-corrected chi connectivity index (χ4v) is 2.80. The number of rotatable bonds is 2. The van der Waals surface area contributed by atoms with E-state index in [1.54, 1.807) is 6.92 Å². The van der Waals surface area contributed by atoms with Crippen molar-refractivity contribution in [1.29, 1.82) is 0 Å². The van der Waals surface area contributed by atoms with Crippen LogP contribution in [0.25, 0.3) is 0 Å². The number of hydrogen-bond donors (Lipinski definition) is 0. The Balaban J connectivity index is 2.12. The molecule has 0 atom stereocenters. The molecule has 1 fully saturated rings. The van der Waals surface area contributed by atoms with Gasteiger partial charge in [0.1, 0.15) is 11.6 Å². The summed E-state index contributed by atoms with van der Waals surface area (Å²) in [4.78, 5) is 20.7. The molecule has 1 saturated carbocycles. The van der Waals surface area contributed by atoms with Gasteiger partial charge in [-0.25, -0.2) is 9.97 Å². The largest absolute Gasteiger partial charge is 0.299 e. The quantitative estimate of drug-likeness (QED) is 0.803. The van der Waals surface area contributed by atoms with Gasteiger partial charge < -0.3 is 0 Å². The average molecular weight is 246 g/mol. The van der Waals surface area contributed by atoms with E-state index < -0.39 is 0 Å². The smallest absolute Gasteiger partial charge is 0.135 e. The van der Waals surface area contributed by atoms with Crippen molar-refractivity contribution >= 4 is 5.78 Å². The van der Waals surface area contributed by atoms with Crippen molar-refractivity contribution in [2.75, 3.05) is 0 Å². The summed E-state index contributed by atoms with van der Waals surface area (Å²) >= 11 is 0. The second-order valence-corrected chi connectivity index (χ2v) is 5.90. The fraction of sp³-hybridized carbons (Fsp3) is 0.667. The monoisotopic (exact) mass is 246 g/mol. The molecule has 98 valence electrons. The predicted molar refractivity (Wildman–Crippen MR) is 71.5 cm³/mol. The number of aryl methyl sites for hydroxylation is 2. The Morgan fingerprint density at radius 2 is 1.72 bits per heavy atom. The molecule has 0 unspecified atom stereocenters. The Bertz CT molecular complexity index is 439. The maximum absolute atomic E-state index is 11.6. The van der Waals surface area contributed by atoms with Crippen LogP contribution in [0.1, 0.15) is 62.7 Å². The van der Waals surface area contributed by atoms with Crippen LogP contribution in [0.5, 0.6) is 0 Å². The molecule has 0 spiro atoms. The fourth-order valence-electron chi connectivity index (χ4n) is 2.80. The van der Waals surface area contributed by atoms with Crippen molar-refractivity contribution in [1.82, 2.24) is 9.97 Å². The minimum atomic E-state index is -0.116. The Hall–Kier alpha value is -1.25. The van der Waals surface area contributed by atoms with Crippen molar-refractivity contribution in [3.05, 3.63) is 23.3 Å². The maximum Gasteiger partial charge on any atom is 0.135 e. The third-order valence-corrected chi connectivity index (χ3v) is 4.30. The molecule has 3 heteroatoms. The molecule has 18 heavy (non-hydrogen) atoms. The SMILES string of the molecule is CC(=O)C1(C)CCC(c2nc(C)cc(C)n2)CC1. The molecule has 1 heterocycles. The van der Waals surface area contributed by atoms with Crippen LogP contribution in [0.2, 0.25) is 0 Å². The van der Waals surface area contributed by atoms with Crippen LogP contribution in [0, 0.1) is 19.3 Å². The summed E-state index contributed by atoms with van der Waals surface area (Å²) in [6, 6.07) is 2.01. The lowest BCUT2D eigenvalue weighted by Crippen LogP contribution is -2.30. The molecular formula is C15H22N2O. The van der Waals surface area contributed by atoms with Crippen LogP contribution in [0.3, 0.4) is 0 Å². The van der Waals surface area contributed by atoms with Gasteiger partial charge in [0.05, 0.1) is 0 Å². The molecule has 0 saturated heterocycles. The number of ketones is 1. The Kier molecular flexibility index (Phi) is 3.51. The first-order valence-corrected chi connectivity index (χ1v) is 6.74. The zero-order valence-electron chi connectivity index (χ0n) is 11.8. The molecule has 0 aliphatic heterocycles. The molecule has 1 aliphatic rings. The number of nitrogens with zero attached hydrogens (tertiary/aromatic N) is 2. The van der Waals surface area contributed by atoms with Gasteiger partial charge in [-0.3, -0.25) is 4.79 Å². The van der Waals surface area contributed by atoms with E-state index in [0.29, 0.717) is 11.7 Å². The van der Waals surface area contributed by atoms with Gasteiger partial charge in [-0.05, 0) is 52.5 Å². The van der Waals surface area contributed by atoms with E-state index in [9.17, 15) is 4.79 Å². The Morgan fingerprint density at radius 3 is 2.17 bits per heavy atom. The van der Waals surface area contributed by atoms with Gasteiger partial charge in [-0.2, -0.15) is 0 Å². The first kappa shape index (κ1) is 13.2. The number of carbonyl (C=O) groups excluding carboxylic acids is 1. The van der Waals surface area contributed by atoms with E-state index in [1.807, 2.05) is 19.9 Å². The summed E-state index contributed by atoms with van der Waals surface area (Å²) < 4.78 is 0. The summed E-state index contributed by atoms with van der Waals surface area (Å²) in [6.45, 7) is 7.84. The second kappa shape index (κ2) is 4.79. The lowest BCUT2D eigenvalue weighted by Gasteiger charge is -2.34. The molecule has 3 nitrogen and oxygen atoms in total. The first-order valence-electron chi connectivity index (χ1n) is 6.74. The van der Waals surface area contributed by atoms with Gasteiger partial charge >= 0.3 is 0 Å². The predicted octanol–water partition coefficient (Wildman–Crippen LogP) is 3.35. The first-order chi connectivity index (χ1) is 8.40. The minimum absolute atomic E-state index is 0.116. The zero-order chi connectivity index (χ0) is 13.3. The maximum atomic E-state index is 11.6. The van der Waals surface area contributed by atoms with Crippen molar-refractivity contribution in [3.63, 3.8) is 0 Å². The Labute approximate surface area is 109 Å². The lowest BCUT2D eigenvalue weighted by atomic mass is 9.69. The molecule has 0 aromatic carbocycles. The van der Waals surface area contributed by atoms with Crippen molar-refractivity contribution in [2.24, 2.45) is 5.41 Å². The number of aromatic nitrogens is 2. The van der Waals surface area contributed by atoms with Crippen molar-refractivity contribution in [2.45, 2.75) is 59.3 Å². The zero-order valence-corrected chi connectivity index (χ0v) is 11.8. The second-order valence-electron chi connectivity index (χ2n) is 5.90.